The van der Waals surface area contributed by atoms with Crippen molar-refractivity contribution in [3.8, 4) is 11.8 Å². The Morgan fingerprint density at radius 1 is 1.29 bits per heavy atom. The van der Waals surface area contributed by atoms with E-state index < -0.39 is 0 Å². The third-order valence-corrected chi connectivity index (χ3v) is 3.93. The van der Waals surface area contributed by atoms with Crippen molar-refractivity contribution < 1.29 is 0 Å². The zero-order valence-electron chi connectivity index (χ0n) is 12.3. The summed E-state index contributed by atoms with van der Waals surface area (Å²) >= 11 is 0. The average molecular weight is 281 g/mol. The number of hydrogen-bond donors (Lipinski definition) is 2. The van der Waals surface area contributed by atoms with E-state index in [1.165, 1.54) is 6.42 Å². The summed E-state index contributed by atoms with van der Waals surface area (Å²) in [4.78, 5) is 0. The van der Waals surface area contributed by atoms with Crippen molar-refractivity contribution in [2.45, 2.75) is 39.2 Å². The van der Waals surface area contributed by atoms with Gasteiger partial charge < -0.3 is 11.1 Å². The summed E-state index contributed by atoms with van der Waals surface area (Å²) in [6.45, 7) is 4.07. The van der Waals surface area contributed by atoms with Crippen molar-refractivity contribution in [1.29, 1.82) is 5.26 Å². The normalized spacial score (nSPS) is 14.5. The van der Waals surface area contributed by atoms with Gasteiger partial charge in [0, 0.05) is 6.04 Å². The van der Waals surface area contributed by atoms with E-state index in [4.69, 9.17) is 5.73 Å². The minimum Gasteiger partial charge on any atom is -0.382 e. The molecule has 1 saturated carbocycles. The molecule has 3 rings (SSSR count). The molecule has 5 heteroatoms. The number of nitrogens with zero attached hydrogens (tertiary/aromatic N) is 3. The second kappa shape index (κ2) is 5.13. The lowest BCUT2D eigenvalue weighted by molar-refractivity contribution is 0.444. The molecule has 0 saturated heterocycles. The Hall–Kier alpha value is -2.48. The van der Waals surface area contributed by atoms with Crippen molar-refractivity contribution in [3.63, 3.8) is 0 Å². The molecule has 5 nitrogen and oxygen atoms in total. The first-order valence-electron chi connectivity index (χ1n) is 7.22. The number of nitriles is 1. The van der Waals surface area contributed by atoms with E-state index in [2.05, 4.69) is 22.6 Å². The van der Waals surface area contributed by atoms with Crippen molar-refractivity contribution in [2.75, 3.05) is 11.1 Å². The molecule has 0 radical (unpaired) electrons. The average Bonchev–Trinajstić information content (AvgIpc) is 2.69. The predicted molar refractivity (Wildman–Crippen MR) is 83.4 cm³/mol. The summed E-state index contributed by atoms with van der Waals surface area (Å²) in [5.41, 5.74) is 9.73. The van der Waals surface area contributed by atoms with Crippen molar-refractivity contribution in [1.82, 2.24) is 9.78 Å². The fraction of sp³-hybridized carbons (Fsp3) is 0.375. The number of hydrogen-bond acceptors (Lipinski definition) is 4. The Labute approximate surface area is 124 Å². The lowest BCUT2D eigenvalue weighted by Crippen LogP contribution is -2.27. The molecule has 1 aromatic heterocycles. The lowest BCUT2D eigenvalue weighted by Gasteiger charge is -2.26. The molecule has 0 amide bonds. The Morgan fingerprint density at radius 2 is 1.95 bits per heavy atom. The third-order valence-electron chi connectivity index (χ3n) is 3.93. The summed E-state index contributed by atoms with van der Waals surface area (Å²) in [5.74, 6) is 0.989. The van der Waals surface area contributed by atoms with Crippen molar-refractivity contribution in [2.24, 2.45) is 0 Å². The monoisotopic (exact) mass is 281 g/mol. The van der Waals surface area contributed by atoms with Crippen LogP contribution in [0.3, 0.4) is 0 Å². The van der Waals surface area contributed by atoms with Crippen molar-refractivity contribution >= 4 is 11.6 Å². The Balaban J connectivity index is 2.04. The molecule has 1 heterocycles. The van der Waals surface area contributed by atoms with E-state index in [-0.39, 0.29) is 0 Å². The third kappa shape index (κ3) is 2.45. The maximum Gasteiger partial charge on any atom is 0.168 e. The molecule has 1 aromatic carbocycles. The molecular formula is C16H19N5. The van der Waals surface area contributed by atoms with Crippen LogP contribution >= 0.6 is 0 Å². The van der Waals surface area contributed by atoms with E-state index >= 15 is 0 Å². The Bertz CT molecular complexity index is 699. The zero-order valence-corrected chi connectivity index (χ0v) is 12.3. The number of benzene rings is 1. The second-order valence-corrected chi connectivity index (χ2v) is 5.75. The molecule has 3 N–H and O–H groups in total. The molecule has 0 bridgehead atoms. The first-order valence-corrected chi connectivity index (χ1v) is 7.22. The maximum atomic E-state index is 9.35. The molecule has 0 unspecified atom stereocenters. The quantitative estimate of drug-likeness (QED) is 0.906. The molecule has 108 valence electrons. The first-order chi connectivity index (χ1) is 10.1. The molecule has 0 atom stereocenters. The van der Waals surface area contributed by atoms with E-state index in [1.54, 1.807) is 4.68 Å². The number of aryl methyl sites for hydroxylation is 2. The van der Waals surface area contributed by atoms with Crippen LogP contribution in [-0.2, 0) is 0 Å². The van der Waals surface area contributed by atoms with Crippen LogP contribution in [0, 0.1) is 25.2 Å². The molecule has 21 heavy (non-hydrogen) atoms. The molecule has 2 aromatic rings. The highest BCUT2D eigenvalue weighted by Gasteiger charge is 2.23. The SMILES string of the molecule is Cc1cc(C)cc(-n2nc(NC3CCC3)c(C#N)c2N)c1. The minimum atomic E-state index is 0.393. The van der Waals surface area contributed by atoms with Crippen LogP contribution in [0.15, 0.2) is 18.2 Å². The van der Waals surface area contributed by atoms with E-state index in [0.29, 0.717) is 23.2 Å². The van der Waals surface area contributed by atoms with Gasteiger partial charge in [0.1, 0.15) is 17.5 Å². The van der Waals surface area contributed by atoms with Gasteiger partial charge in [0.25, 0.3) is 0 Å². The Kier molecular flexibility index (Phi) is 3.30. The van der Waals surface area contributed by atoms with Gasteiger partial charge in [-0.15, -0.1) is 5.10 Å². The van der Waals surface area contributed by atoms with Gasteiger partial charge in [-0.05, 0) is 56.4 Å². The highest BCUT2D eigenvalue weighted by atomic mass is 15.4. The fourth-order valence-corrected chi connectivity index (χ4v) is 2.66. The van der Waals surface area contributed by atoms with Gasteiger partial charge in [0.15, 0.2) is 5.82 Å². The van der Waals surface area contributed by atoms with Gasteiger partial charge in [0.05, 0.1) is 5.69 Å². The number of nitrogen functional groups attached to an aromatic ring is 1. The zero-order chi connectivity index (χ0) is 15.0. The standard InChI is InChI=1S/C16H19N5/c1-10-6-11(2)8-13(7-10)21-15(18)14(9-17)16(20-21)19-12-4-3-5-12/h6-8,12H,3-5,18H2,1-2H3,(H,19,20). The summed E-state index contributed by atoms with van der Waals surface area (Å²) in [7, 11) is 0. The minimum absolute atomic E-state index is 0.393. The van der Waals surface area contributed by atoms with Crippen LogP contribution in [0.5, 0.6) is 0 Å². The van der Waals surface area contributed by atoms with Gasteiger partial charge in [-0.25, -0.2) is 4.68 Å². The van der Waals surface area contributed by atoms with Gasteiger partial charge in [0.2, 0.25) is 0 Å². The van der Waals surface area contributed by atoms with Crippen LogP contribution in [0.4, 0.5) is 11.6 Å². The number of aromatic nitrogens is 2. The Morgan fingerprint density at radius 3 is 2.48 bits per heavy atom. The van der Waals surface area contributed by atoms with Crippen LogP contribution < -0.4 is 11.1 Å². The van der Waals surface area contributed by atoms with Crippen LogP contribution in [-0.4, -0.2) is 15.8 Å². The molecule has 0 spiro atoms. The summed E-state index contributed by atoms with van der Waals surface area (Å²) in [6, 6.07) is 8.72. The van der Waals surface area contributed by atoms with Gasteiger partial charge in [-0.3, -0.25) is 0 Å². The van der Waals surface area contributed by atoms with Crippen LogP contribution in [0.2, 0.25) is 0 Å². The van der Waals surface area contributed by atoms with Gasteiger partial charge in [-0.1, -0.05) is 6.07 Å². The fourth-order valence-electron chi connectivity index (χ4n) is 2.66. The summed E-state index contributed by atoms with van der Waals surface area (Å²) in [6.07, 6.45) is 3.48. The largest absolute Gasteiger partial charge is 0.382 e. The van der Waals surface area contributed by atoms with E-state index in [0.717, 1.165) is 29.7 Å². The summed E-state index contributed by atoms with van der Waals surface area (Å²) in [5, 5.41) is 17.2. The topological polar surface area (TPSA) is 79.7 Å². The number of nitrogens with two attached hydrogens (primary N) is 1. The van der Waals surface area contributed by atoms with Gasteiger partial charge in [-0.2, -0.15) is 5.26 Å². The lowest BCUT2D eigenvalue weighted by atomic mass is 9.93. The maximum absolute atomic E-state index is 9.35. The second-order valence-electron chi connectivity index (χ2n) is 5.75. The number of nitrogens with one attached hydrogen (secondary N) is 1. The molecule has 1 fully saturated rings. The number of rotatable bonds is 3. The molecular weight excluding hydrogens is 262 g/mol. The highest BCUT2D eigenvalue weighted by Crippen LogP contribution is 2.29. The summed E-state index contributed by atoms with van der Waals surface area (Å²) < 4.78 is 1.65. The van der Waals surface area contributed by atoms with E-state index in [9.17, 15) is 5.26 Å². The van der Waals surface area contributed by atoms with Crippen LogP contribution in [0.25, 0.3) is 5.69 Å². The van der Waals surface area contributed by atoms with Gasteiger partial charge >= 0.3 is 0 Å². The molecule has 1 aliphatic carbocycles. The molecule has 0 aliphatic heterocycles. The highest BCUT2D eigenvalue weighted by molar-refractivity contribution is 5.66. The van der Waals surface area contributed by atoms with Crippen LogP contribution in [0.1, 0.15) is 36.0 Å². The van der Waals surface area contributed by atoms with Crippen molar-refractivity contribution in [3.05, 3.63) is 34.9 Å². The first kappa shape index (κ1) is 13.5. The van der Waals surface area contributed by atoms with E-state index in [1.807, 2.05) is 26.0 Å². The molecule has 1 aliphatic rings. The number of anilines is 2. The smallest absolute Gasteiger partial charge is 0.168 e. The predicted octanol–water partition coefficient (Wildman–Crippen LogP) is 2.91.